The van der Waals surface area contributed by atoms with Gasteiger partial charge < -0.3 is 15.5 Å². The van der Waals surface area contributed by atoms with Crippen molar-refractivity contribution in [2.75, 3.05) is 18.4 Å². The molecule has 0 spiro atoms. The van der Waals surface area contributed by atoms with E-state index in [1.54, 1.807) is 11.1 Å². The minimum atomic E-state index is -0.221. The van der Waals surface area contributed by atoms with Crippen LogP contribution < -0.4 is 10.6 Å². The van der Waals surface area contributed by atoms with Crippen molar-refractivity contribution in [1.82, 2.24) is 15.2 Å². The van der Waals surface area contributed by atoms with Gasteiger partial charge in [0.05, 0.1) is 12.1 Å². The summed E-state index contributed by atoms with van der Waals surface area (Å²) in [5, 5.41) is 15.7. The first kappa shape index (κ1) is 18.2. The fourth-order valence-corrected chi connectivity index (χ4v) is 4.26. The molecule has 0 bridgehead atoms. The maximum absolute atomic E-state index is 12.7. The first-order chi connectivity index (χ1) is 14.7. The maximum atomic E-state index is 12.7. The Morgan fingerprint density at radius 1 is 1.13 bits per heavy atom. The van der Waals surface area contributed by atoms with Crippen molar-refractivity contribution in [2.45, 2.75) is 12.0 Å². The largest absolute Gasteiger partial charge is 0.355 e. The number of aromatic nitrogens is 1. The molecule has 1 unspecified atom stereocenters. The predicted molar refractivity (Wildman–Crippen MR) is 115 cm³/mol. The van der Waals surface area contributed by atoms with Gasteiger partial charge in [0.25, 0.3) is 5.91 Å². The number of para-hydroxylation sites is 1. The summed E-state index contributed by atoms with van der Waals surface area (Å²) in [7, 11) is 0. The van der Waals surface area contributed by atoms with Gasteiger partial charge in [0.15, 0.2) is 6.19 Å². The van der Waals surface area contributed by atoms with Crippen LogP contribution in [-0.2, 0) is 0 Å². The Morgan fingerprint density at radius 2 is 1.93 bits per heavy atom. The van der Waals surface area contributed by atoms with Crippen LogP contribution in [0, 0.1) is 17.4 Å². The highest BCUT2D eigenvalue weighted by Gasteiger charge is 2.61. The first-order valence-electron chi connectivity index (χ1n) is 10.0. The Morgan fingerprint density at radius 3 is 2.67 bits per heavy atom. The fourth-order valence-electron chi connectivity index (χ4n) is 4.26. The molecule has 1 saturated heterocycles. The number of benzene rings is 2. The minimum absolute atomic E-state index is 0.0855. The number of amides is 1. The van der Waals surface area contributed by atoms with Crippen molar-refractivity contribution < 1.29 is 4.79 Å². The number of nitrogens with one attached hydrogen (secondary N) is 2. The average molecular weight is 395 g/mol. The number of fused-ring (bicyclic) bond motifs is 1. The Labute approximate surface area is 175 Å². The van der Waals surface area contributed by atoms with Crippen molar-refractivity contribution >= 4 is 17.3 Å². The summed E-state index contributed by atoms with van der Waals surface area (Å²) in [4.78, 5) is 18.7. The van der Waals surface area contributed by atoms with E-state index < -0.39 is 0 Å². The van der Waals surface area contributed by atoms with E-state index in [-0.39, 0.29) is 11.4 Å². The quantitative estimate of drug-likeness (QED) is 0.643. The van der Waals surface area contributed by atoms with Gasteiger partial charge in [-0.3, -0.25) is 9.78 Å². The Hall–Kier alpha value is -3.85. The van der Waals surface area contributed by atoms with Gasteiger partial charge in [-0.15, -0.1) is 0 Å². The van der Waals surface area contributed by atoms with Crippen molar-refractivity contribution in [3.8, 4) is 17.3 Å². The molecule has 148 valence electrons. The standard InChI is InChI=1S/C24H21N5O/c25-16-29-14-19-12-24(19,15-29)28-23(30)18-8-6-17(7-9-18)21-13-26-11-10-22(21)27-20-4-2-1-3-5-20/h1-11,13,19H,12,14-15H2,(H,26,27)(H,28,30)/t19?,24-/m0/s1. The third kappa shape index (κ3) is 3.35. The molecule has 1 aromatic heterocycles. The van der Waals surface area contributed by atoms with Crippen LogP contribution in [0.4, 0.5) is 11.4 Å². The van der Waals surface area contributed by atoms with Gasteiger partial charge in [0.1, 0.15) is 0 Å². The molecule has 6 heteroatoms. The second kappa shape index (κ2) is 7.20. The second-order valence-corrected chi connectivity index (χ2v) is 7.98. The summed E-state index contributed by atoms with van der Waals surface area (Å²) in [6, 6.07) is 19.5. The van der Waals surface area contributed by atoms with Gasteiger partial charge in [-0.05, 0) is 42.3 Å². The summed E-state index contributed by atoms with van der Waals surface area (Å²) >= 11 is 0. The predicted octanol–water partition coefficient (Wildman–Crippen LogP) is 3.78. The van der Waals surface area contributed by atoms with Crippen LogP contribution in [0.3, 0.4) is 0 Å². The molecule has 2 fully saturated rings. The lowest BCUT2D eigenvalue weighted by atomic mass is 10.0. The molecule has 3 aromatic rings. The summed E-state index contributed by atoms with van der Waals surface area (Å²) in [6.45, 7) is 1.36. The van der Waals surface area contributed by atoms with E-state index in [2.05, 4.69) is 21.8 Å². The Kier molecular flexibility index (Phi) is 4.36. The normalized spacial score (nSPS) is 21.4. The topological polar surface area (TPSA) is 81.1 Å². The molecule has 1 amide bonds. The van der Waals surface area contributed by atoms with Crippen LogP contribution in [0.5, 0.6) is 0 Å². The zero-order chi connectivity index (χ0) is 20.6. The van der Waals surface area contributed by atoms with E-state index in [0.717, 1.165) is 35.5 Å². The Balaban J connectivity index is 1.32. The number of nitrogens with zero attached hydrogens (tertiary/aromatic N) is 3. The molecule has 2 N–H and O–H groups in total. The lowest BCUT2D eigenvalue weighted by Crippen LogP contribution is -2.41. The van der Waals surface area contributed by atoms with Gasteiger partial charge >= 0.3 is 0 Å². The molecule has 1 aliphatic heterocycles. The monoisotopic (exact) mass is 395 g/mol. The van der Waals surface area contributed by atoms with Crippen molar-refractivity contribution in [1.29, 1.82) is 5.26 Å². The number of hydrogen-bond acceptors (Lipinski definition) is 5. The van der Waals surface area contributed by atoms with E-state index in [1.165, 1.54) is 0 Å². The second-order valence-electron chi connectivity index (χ2n) is 7.98. The van der Waals surface area contributed by atoms with Gasteiger partial charge in [0.2, 0.25) is 0 Å². The summed E-state index contributed by atoms with van der Waals surface area (Å²) in [5.74, 6) is 0.306. The number of carbonyl (C=O) groups excluding carboxylic acids is 1. The number of pyridine rings is 1. The van der Waals surface area contributed by atoms with Crippen LogP contribution in [-0.4, -0.2) is 34.4 Å². The zero-order valence-corrected chi connectivity index (χ0v) is 16.4. The van der Waals surface area contributed by atoms with Gasteiger partial charge in [-0.2, -0.15) is 5.26 Å². The summed E-state index contributed by atoms with van der Waals surface area (Å²) < 4.78 is 0. The van der Waals surface area contributed by atoms with E-state index >= 15 is 0 Å². The van der Waals surface area contributed by atoms with Crippen LogP contribution in [0.1, 0.15) is 16.8 Å². The highest BCUT2D eigenvalue weighted by Crippen LogP contribution is 2.49. The molecule has 2 aliphatic rings. The van der Waals surface area contributed by atoms with Gasteiger partial charge in [0, 0.05) is 47.4 Å². The molecule has 1 aliphatic carbocycles. The number of likely N-dealkylation sites (tertiary alicyclic amines) is 1. The van der Waals surface area contributed by atoms with Crippen molar-refractivity contribution in [3.63, 3.8) is 0 Å². The molecule has 2 atom stereocenters. The molecule has 2 aromatic carbocycles. The molecule has 1 saturated carbocycles. The lowest BCUT2D eigenvalue weighted by molar-refractivity contribution is 0.0929. The van der Waals surface area contributed by atoms with E-state index in [0.29, 0.717) is 18.0 Å². The van der Waals surface area contributed by atoms with Crippen LogP contribution in [0.25, 0.3) is 11.1 Å². The smallest absolute Gasteiger partial charge is 0.251 e. The molecule has 30 heavy (non-hydrogen) atoms. The maximum Gasteiger partial charge on any atom is 0.251 e. The number of nitriles is 1. The highest BCUT2D eigenvalue weighted by molar-refractivity contribution is 5.96. The molecule has 6 nitrogen and oxygen atoms in total. The first-order valence-corrected chi connectivity index (χ1v) is 10.0. The molecular weight excluding hydrogens is 374 g/mol. The zero-order valence-electron chi connectivity index (χ0n) is 16.4. The number of carbonyl (C=O) groups is 1. The van der Waals surface area contributed by atoms with Gasteiger partial charge in [-0.1, -0.05) is 30.3 Å². The third-order valence-electron chi connectivity index (χ3n) is 5.98. The number of rotatable bonds is 5. The number of hydrogen-bond donors (Lipinski definition) is 2. The van der Waals surface area contributed by atoms with Crippen molar-refractivity contribution in [2.24, 2.45) is 5.92 Å². The Bertz CT molecular complexity index is 1120. The summed E-state index contributed by atoms with van der Waals surface area (Å²) in [6.07, 6.45) is 6.72. The molecular formula is C24H21N5O. The van der Waals surface area contributed by atoms with Crippen molar-refractivity contribution in [3.05, 3.63) is 78.6 Å². The van der Waals surface area contributed by atoms with E-state index in [9.17, 15) is 4.79 Å². The summed E-state index contributed by atoms with van der Waals surface area (Å²) in [5.41, 5.74) is 4.31. The third-order valence-corrected chi connectivity index (χ3v) is 5.98. The fraction of sp³-hybridized carbons (Fsp3) is 0.208. The molecule has 2 heterocycles. The minimum Gasteiger partial charge on any atom is -0.355 e. The van der Waals surface area contributed by atoms with Crippen LogP contribution in [0.15, 0.2) is 73.1 Å². The lowest BCUT2D eigenvalue weighted by Gasteiger charge is -2.17. The van der Waals surface area contributed by atoms with Crippen LogP contribution in [0.2, 0.25) is 0 Å². The highest BCUT2D eigenvalue weighted by atomic mass is 16.1. The SMILES string of the molecule is N#CN1CC2C[C@]2(NC(=O)c2ccc(-c3cnccc3Nc3ccccc3)cc2)C1. The molecule has 5 rings (SSSR count). The molecule has 0 radical (unpaired) electrons. The van der Waals surface area contributed by atoms with Gasteiger partial charge in [-0.25, -0.2) is 0 Å². The van der Waals surface area contributed by atoms with E-state index in [1.807, 2.05) is 66.9 Å². The number of piperidine rings is 1. The van der Waals surface area contributed by atoms with E-state index in [4.69, 9.17) is 5.26 Å². The van der Waals surface area contributed by atoms with Crippen LogP contribution >= 0.6 is 0 Å². The average Bonchev–Trinajstić information content (AvgIpc) is 3.33. The number of anilines is 2.